The molecule has 1 spiro atoms. The van der Waals surface area contributed by atoms with Crippen molar-refractivity contribution in [1.29, 1.82) is 0 Å². The van der Waals surface area contributed by atoms with E-state index in [9.17, 15) is 5.11 Å². The molecule has 0 radical (unpaired) electrons. The monoisotopic (exact) mass is 400 g/mol. The molecule has 2 heteroatoms. The molecule has 7 atom stereocenters. The van der Waals surface area contributed by atoms with Crippen LogP contribution in [0, 0.1) is 29.1 Å². The van der Waals surface area contributed by atoms with E-state index in [4.69, 9.17) is 4.74 Å². The zero-order chi connectivity index (χ0) is 20.8. The largest absolute Gasteiger partial charge is 0.393 e. The highest BCUT2D eigenvalue weighted by molar-refractivity contribution is 5.36. The van der Waals surface area contributed by atoms with Gasteiger partial charge in [0.15, 0.2) is 0 Å². The summed E-state index contributed by atoms with van der Waals surface area (Å²) < 4.78 is 6.55. The number of hydrogen-bond donors (Lipinski definition) is 1. The number of epoxide rings is 1. The quantitative estimate of drug-likeness (QED) is 0.496. The number of hydrogen-bond acceptors (Lipinski definition) is 2. The summed E-state index contributed by atoms with van der Waals surface area (Å²) in [5.41, 5.74) is 3.04. The van der Waals surface area contributed by atoms with Crippen LogP contribution in [0.1, 0.15) is 98.3 Å². The number of rotatable bonds is 6. The molecule has 1 heterocycles. The van der Waals surface area contributed by atoms with E-state index in [1.54, 1.807) is 0 Å². The van der Waals surface area contributed by atoms with E-state index in [-0.39, 0.29) is 17.8 Å². The number of fused-ring (bicyclic) bond motifs is 2. The molecule has 0 bridgehead atoms. The number of ether oxygens (including phenoxy) is 1. The van der Waals surface area contributed by atoms with Gasteiger partial charge < -0.3 is 9.84 Å². The van der Waals surface area contributed by atoms with Gasteiger partial charge in [0.2, 0.25) is 0 Å². The van der Waals surface area contributed by atoms with Crippen molar-refractivity contribution in [3.63, 3.8) is 0 Å². The summed E-state index contributed by atoms with van der Waals surface area (Å²) in [4.78, 5) is 0. The molecule has 3 aliphatic carbocycles. The second-order valence-corrected chi connectivity index (χ2v) is 11.6. The van der Waals surface area contributed by atoms with Gasteiger partial charge in [-0.05, 0) is 92.1 Å². The van der Waals surface area contributed by atoms with E-state index in [1.165, 1.54) is 62.5 Å². The first-order valence-electron chi connectivity index (χ1n) is 12.5. The van der Waals surface area contributed by atoms with Gasteiger partial charge in [-0.25, -0.2) is 0 Å². The van der Waals surface area contributed by atoms with E-state index in [2.05, 4.69) is 40.3 Å². The Morgan fingerprint density at radius 3 is 2.72 bits per heavy atom. The highest BCUT2D eigenvalue weighted by atomic mass is 16.6. The van der Waals surface area contributed by atoms with Gasteiger partial charge in [0.25, 0.3) is 0 Å². The molecule has 164 valence electrons. The summed E-state index contributed by atoms with van der Waals surface area (Å²) in [6, 6.07) is 0. The van der Waals surface area contributed by atoms with E-state index in [0.29, 0.717) is 11.3 Å². The van der Waals surface area contributed by atoms with Crippen LogP contribution in [-0.4, -0.2) is 22.9 Å². The van der Waals surface area contributed by atoms with Gasteiger partial charge in [-0.1, -0.05) is 59.1 Å². The Morgan fingerprint density at radius 1 is 1.17 bits per heavy atom. The smallest absolute Gasteiger partial charge is 0.106 e. The van der Waals surface area contributed by atoms with Crippen LogP contribution in [0.15, 0.2) is 23.8 Å². The molecule has 0 aromatic rings. The fourth-order valence-electron chi connectivity index (χ4n) is 7.56. The van der Waals surface area contributed by atoms with E-state index < -0.39 is 0 Å². The molecular formula is C27H44O2. The summed E-state index contributed by atoms with van der Waals surface area (Å²) in [6.07, 6.45) is 15.8. The second kappa shape index (κ2) is 8.15. The van der Waals surface area contributed by atoms with Gasteiger partial charge in [-0.2, -0.15) is 0 Å². The Labute approximate surface area is 179 Å². The van der Waals surface area contributed by atoms with Crippen molar-refractivity contribution < 1.29 is 9.84 Å². The number of allylic oxidation sites excluding steroid dienone is 1. The van der Waals surface area contributed by atoms with Crippen LogP contribution < -0.4 is 0 Å². The molecule has 4 fully saturated rings. The minimum Gasteiger partial charge on any atom is -0.393 e. The molecule has 29 heavy (non-hydrogen) atoms. The van der Waals surface area contributed by atoms with Crippen LogP contribution in [0.2, 0.25) is 0 Å². The van der Waals surface area contributed by atoms with Crippen molar-refractivity contribution >= 4 is 0 Å². The zero-order valence-electron chi connectivity index (χ0n) is 19.4. The second-order valence-electron chi connectivity index (χ2n) is 11.6. The summed E-state index contributed by atoms with van der Waals surface area (Å²) in [5, 5.41) is 10.1. The molecule has 4 aliphatic rings. The molecule has 0 aromatic heterocycles. The lowest BCUT2D eigenvalue weighted by atomic mass is 9.58. The minimum absolute atomic E-state index is 0.0923. The normalized spacial score (nSPS) is 44.5. The molecule has 3 saturated carbocycles. The fraction of sp³-hybridized carbons (Fsp3) is 0.852. The topological polar surface area (TPSA) is 32.8 Å². The first-order chi connectivity index (χ1) is 13.8. The van der Waals surface area contributed by atoms with Gasteiger partial charge >= 0.3 is 0 Å². The van der Waals surface area contributed by atoms with Gasteiger partial charge in [0.05, 0.1) is 6.10 Å². The van der Waals surface area contributed by atoms with Gasteiger partial charge in [0, 0.05) is 0 Å². The third-order valence-corrected chi connectivity index (χ3v) is 9.22. The standard InChI is InChI=1S/C27H44O2/c1-18(2)8-6-9-20(4)23-12-13-24-26(23,5)14-7-15-27(24)25(29-27)17-21-16-22(28)11-10-19(21)3/h17-18,20,22-25,28H,3,6-16H2,1-2,4-5H3/t20-,22+,23-,24-,25-,26-,27-/m1/s1. The van der Waals surface area contributed by atoms with E-state index in [0.717, 1.165) is 37.0 Å². The predicted molar refractivity (Wildman–Crippen MR) is 121 cm³/mol. The maximum Gasteiger partial charge on any atom is 0.106 e. The average molecular weight is 401 g/mol. The van der Waals surface area contributed by atoms with Crippen molar-refractivity contribution in [2.24, 2.45) is 29.1 Å². The average Bonchev–Trinajstić information content (AvgIpc) is 3.17. The SMILES string of the molecule is C=C1CC[C@H](O)CC1=C[C@H]1O[C@@]12CCC[C@]1(C)[C@@H]([C@H](C)CCCC(C)C)CC[C@H]12. The van der Waals surface area contributed by atoms with Crippen molar-refractivity contribution in [2.45, 2.75) is 116 Å². The predicted octanol–water partition coefficient (Wildman–Crippen LogP) is 6.83. The Bertz CT molecular complexity index is 649. The van der Waals surface area contributed by atoms with Crippen LogP contribution in [0.3, 0.4) is 0 Å². The molecule has 1 aliphatic heterocycles. The molecule has 2 nitrogen and oxygen atoms in total. The van der Waals surface area contributed by atoms with Crippen molar-refractivity contribution in [3.05, 3.63) is 23.8 Å². The highest BCUT2D eigenvalue weighted by Gasteiger charge is 2.68. The van der Waals surface area contributed by atoms with Gasteiger partial charge in [-0.3, -0.25) is 0 Å². The minimum atomic E-state index is -0.194. The van der Waals surface area contributed by atoms with Crippen molar-refractivity contribution in [2.75, 3.05) is 0 Å². The maximum absolute atomic E-state index is 10.1. The molecule has 0 amide bonds. The Hall–Kier alpha value is -0.600. The van der Waals surface area contributed by atoms with E-state index in [1.807, 2.05) is 0 Å². The zero-order valence-corrected chi connectivity index (χ0v) is 19.4. The Balaban J connectivity index is 1.45. The Kier molecular flexibility index (Phi) is 6.08. The van der Waals surface area contributed by atoms with Crippen LogP contribution in [-0.2, 0) is 4.74 Å². The molecule has 4 rings (SSSR count). The summed E-state index contributed by atoms with van der Waals surface area (Å²) in [5.74, 6) is 3.24. The molecule has 1 saturated heterocycles. The molecular weight excluding hydrogens is 356 g/mol. The molecule has 0 unspecified atom stereocenters. The van der Waals surface area contributed by atoms with Crippen LogP contribution in [0.5, 0.6) is 0 Å². The lowest BCUT2D eigenvalue weighted by molar-refractivity contribution is 0.00970. The van der Waals surface area contributed by atoms with Crippen LogP contribution in [0.4, 0.5) is 0 Å². The van der Waals surface area contributed by atoms with E-state index >= 15 is 0 Å². The first-order valence-corrected chi connectivity index (χ1v) is 12.5. The number of aliphatic hydroxyl groups is 1. The summed E-state index contributed by atoms with van der Waals surface area (Å²) in [6.45, 7) is 14.1. The highest BCUT2D eigenvalue weighted by Crippen LogP contribution is 2.67. The fourth-order valence-corrected chi connectivity index (χ4v) is 7.56. The molecule has 1 N–H and O–H groups in total. The van der Waals surface area contributed by atoms with Gasteiger partial charge in [-0.15, -0.1) is 0 Å². The van der Waals surface area contributed by atoms with Crippen molar-refractivity contribution in [3.8, 4) is 0 Å². The third-order valence-electron chi connectivity index (χ3n) is 9.22. The van der Waals surface area contributed by atoms with Crippen LogP contribution >= 0.6 is 0 Å². The third kappa shape index (κ3) is 4.01. The summed E-state index contributed by atoms with van der Waals surface area (Å²) in [7, 11) is 0. The lowest BCUT2D eigenvalue weighted by Gasteiger charge is -2.46. The maximum atomic E-state index is 10.1. The first kappa shape index (κ1) is 21.6. The van der Waals surface area contributed by atoms with Crippen LogP contribution in [0.25, 0.3) is 0 Å². The van der Waals surface area contributed by atoms with Crippen molar-refractivity contribution in [1.82, 2.24) is 0 Å². The summed E-state index contributed by atoms with van der Waals surface area (Å²) >= 11 is 0. The molecule has 0 aromatic carbocycles. The Morgan fingerprint density at radius 2 is 1.97 bits per heavy atom. The lowest BCUT2D eigenvalue weighted by Crippen LogP contribution is -2.44. The van der Waals surface area contributed by atoms with Gasteiger partial charge in [0.1, 0.15) is 11.7 Å². The number of aliphatic hydroxyl groups excluding tert-OH is 1.